The molecule has 0 fully saturated rings. The van der Waals surface area contributed by atoms with Crippen LogP contribution in [0.1, 0.15) is 20.8 Å². The van der Waals surface area contributed by atoms with Gasteiger partial charge in [0.15, 0.2) is 0 Å². The summed E-state index contributed by atoms with van der Waals surface area (Å²) in [5, 5.41) is 10.8. The molecule has 0 aromatic heterocycles. The summed E-state index contributed by atoms with van der Waals surface area (Å²) in [6.07, 6.45) is -0.620. The number of guanidine groups is 1. The fraction of sp³-hybridized carbons (Fsp3) is 0.600. The van der Waals surface area contributed by atoms with Crippen LogP contribution in [0.25, 0.3) is 0 Å². The number of ether oxygens (including phenoxy) is 1. The average molecular weight is 259 g/mol. The molecule has 2 N–H and O–H groups in total. The number of carboxylic acids is 1. The van der Waals surface area contributed by atoms with Crippen LogP contribution in [0.4, 0.5) is 4.79 Å². The molecular formula is C10H17N3O5. The van der Waals surface area contributed by atoms with Gasteiger partial charge < -0.3 is 14.7 Å². The van der Waals surface area contributed by atoms with E-state index in [1.54, 1.807) is 20.8 Å². The van der Waals surface area contributed by atoms with Crippen molar-refractivity contribution in [1.82, 2.24) is 10.2 Å². The van der Waals surface area contributed by atoms with Crippen LogP contribution >= 0.6 is 0 Å². The van der Waals surface area contributed by atoms with Gasteiger partial charge in [-0.1, -0.05) is 0 Å². The maximum Gasteiger partial charge on any atom is 0.414 e. The van der Waals surface area contributed by atoms with E-state index in [1.807, 2.05) is 0 Å². The largest absolute Gasteiger partial charge is 0.480 e. The van der Waals surface area contributed by atoms with Crippen LogP contribution in [0.3, 0.4) is 0 Å². The van der Waals surface area contributed by atoms with Crippen LogP contribution < -0.4 is 5.32 Å². The first kappa shape index (κ1) is 15.9. The predicted molar refractivity (Wildman–Crippen MR) is 63.1 cm³/mol. The number of hydrogen-bond acceptors (Lipinski definition) is 4. The van der Waals surface area contributed by atoms with Gasteiger partial charge in [0.2, 0.25) is 12.4 Å². The lowest BCUT2D eigenvalue weighted by Crippen LogP contribution is -2.46. The highest BCUT2D eigenvalue weighted by Crippen LogP contribution is 2.06. The summed E-state index contributed by atoms with van der Waals surface area (Å²) in [5.41, 5.74) is -0.707. The molecule has 0 saturated carbocycles. The zero-order valence-electron chi connectivity index (χ0n) is 10.8. The molecule has 8 nitrogen and oxygen atoms in total. The molecule has 0 rings (SSSR count). The SMILES string of the molecule is CN(CC(=O)O)C(=NC=O)NC(=O)OC(C)(C)C. The zero-order chi connectivity index (χ0) is 14.3. The molecule has 18 heavy (non-hydrogen) atoms. The van der Waals surface area contributed by atoms with Crippen molar-refractivity contribution >= 4 is 24.4 Å². The van der Waals surface area contributed by atoms with Crippen LogP contribution in [0.2, 0.25) is 0 Å². The molecule has 0 saturated heterocycles. The van der Waals surface area contributed by atoms with E-state index in [1.165, 1.54) is 7.05 Å². The van der Waals surface area contributed by atoms with Crippen LogP contribution in [-0.2, 0) is 14.3 Å². The molecule has 0 aliphatic rings. The van der Waals surface area contributed by atoms with E-state index >= 15 is 0 Å². The maximum atomic E-state index is 11.4. The van der Waals surface area contributed by atoms with E-state index in [9.17, 15) is 14.4 Å². The second-order valence-electron chi connectivity index (χ2n) is 4.43. The first-order chi connectivity index (χ1) is 8.15. The van der Waals surface area contributed by atoms with Crippen molar-refractivity contribution in [3.8, 4) is 0 Å². The van der Waals surface area contributed by atoms with E-state index in [-0.39, 0.29) is 12.4 Å². The summed E-state index contributed by atoms with van der Waals surface area (Å²) >= 11 is 0. The number of carbonyl (C=O) groups excluding carboxylic acids is 2. The molecule has 102 valence electrons. The number of carbonyl (C=O) groups is 3. The number of likely N-dealkylation sites (N-methyl/N-ethyl adjacent to an activating group) is 1. The smallest absolute Gasteiger partial charge is 0.414 e. The number of nitrogens with one attached hydrogen (secondary N) is 1. The number of hydrogen-bond donors (Lipinski definition) is 2. The molecule has 8 heteroatoms. The van der Waals surface area contributed by atoms with Gasteiger partial charge in [0, 0.05) is 7.05 Å². The third-order valence-electron chi connectivity index (χ3n) is 1.52. The third-order valence-corrected chi connectivity index (χ3v) is 1.52. The molecule has 0 radical (unpaired) electrons. The molecule has 0 aliphatic carbocycles. The summed E-state index contributed by atoms with van der Waals surface area (Å²) < 4.78 is 4.95. The average Bonchev–Trinajstić information content (AvgIpc) is 2.12. The van der Waals surface area contributed by atoms with E-state index in [4.69, 9.17) is 9.84 Å². The van der Waals surface area contributed by atoms with Crippen LogP contribution in [0.15, 0.2) is 4.99 Å². The zero-order valence-corrected chi connectivity index (χ0v) is 10.8. The summed E-state index contributed by atoms with van der Waals surface area (Å²) in [4.78, 5) is 36.7. The minimum atomic E-state index is -1.12. The van der Waals surface area contributed by atoms with Crippen LogP contribution in [-0.4, -0.2) is 53.6 Å². The minimum Gasteiger partial charge on any atom is -0.480 e. The summed E-state index contributed by atoms with van der Waals surface area (Å²) in [6.45, 7) is 4.60. The van der Waals surface area contributed by atoms with Crippen molar-refractivity contribution in [3.05, 3.63) is 0 Å². The molecule has 2 amide bonds. The van der Waals surface area contributed by atoms with Crippen molar-refractivity contribution < 1.29 is 24.2 Å². The number of aliphatic imine (C=N–C) groups is 1. The standard InChI is InChI=1S/C10H17N3O5/c1-10(2,3)18-9(17)12-8(11-6-14)13(4)5-7(15)16/h6H,5H2,1-4H3,(H,15,16)(H,11,12,14,17). The Bertz CT molecular complexity index is 359. The molecule has 0 aromatic rings. The number of rotatable bonds is 3. The second-order valence-corrected chi connectivity index (χ2v) is 4.43. The van der Waals surface area contributed by atoms with Crippen molar-refractivity contribution in [3.63, 3.8) is 0 Å². The lowest BCUT2D eigenvalue weighted by atomic mass is 10.2. The number of alkyl carbamates (subject to hydrolysis) is 1. The topological polar surface area (TPSA) is 108 Å². The highest BCUT2D eigenvalue weighted by atomic mass is 16.6. The lowest BCUT2D eigenvalue weighted by Gasteiger charge is -2.22. The maximum absolute atomic E-state index is 11.4. The van der Waals surface area contributed by atoms with Crippen molar-refractivity contribution in [1.29, 1.82) is 0 Å². The molecule has 0 heterocycles. The van der Waals surface area contributed by atoms with Crippen molar-refractivity contribution in [2.75, 3.05) is 13.6 Å². The molecule has 0 spiro atoms. The fourth-order valence-electron chi connectivity index (χ4n) is 0.949. The highest BCUT2D eigenvalue weighted by Gasteiger charge is 2.19. The Hall–Kier alpha value is -2.12. The summed E-state index contributed by atoms with van der Waals surface area (Å²) in [5.74, 6) is -1.32. The number of amides is 2. The first-order valence-corrected chi connectivity index (χ1v) is 5.10. The molecule has 0 atom stereocenters. The Labute approximate surface area is 105 Å². The Morgan fingerprint density at radius 3 is 2.39 bits per heavy atom. The van der Waals surface area contributed by atoms with E-state index in [0.717, 1.165) is 4.90 Å². The van der Waals surface area contributed by atoms with Gasteiger partial charge in [-0.05, 0) is 20.8 Å². The van der Waals surface area contributed by atoms with Gasteiger partial charge in [-0.25, -0.2) is 4.79 Å². The third kappa shape index (κ3) is 7.20. The monoisotopic (exact) mass is 259 g/mol. The molecule has 0 bridgehead atoms. The Kier molecular flexibility index (Phi) is 5.80. The normalized spacial score (nSPS) is 11.7. The molecule has 0 unspecified atom stereocenters. The Morgan fingerprint density at radius 2 is 2.00 bits per heavy atom. The summed E-state index contributed by atoms with van der Waals surface area (Å²) in [6, 6.07) is 0. The van der Waals surface area contributed by atoms with Crippen molar-refractivity contribution in [2.24, 2.45) is 4.99 Å². The van der Waals surface area contributed by atoms with Gasteiger partial charge in [-0.3, -0.25) is 14.9 Å². The van der Waals surface area contributed by atoms with E-state index in [0.29, 0.717) is 0 Å². The van der Waals surface area contributed by atoms with Gasteiger partial charge in [-0.15, -0.1) is 0 Å². The predicted octanol–water partition coefficient (Wildman–Crippen LogP) is 0.0399. The Morgan fingerprint density at radius 1 is 1.44 bits per heavy atom. The molecule has 0 aliphatic heterocycles. The second kappa shape index (κ2) is 6.58. The van der Waals surface area contributed by atoms with Crippen molar-refractivity contribution in [2.45, 2.75) is 26.4 Å². The minimum absolute atomic E-state index is 0.193. The van der Waals surface area contributed by atoms with Crippen LogP contribution in [0, 0.1) is 0 Å². The molecule has 0 aromatic carbocycles. The molecular weight excluding hydrogens is 242 g/mol. The van der Waals surface area contributed by atoms with Gasteiger partial charge in [0.25, 0.3) is 0 Å². The van der Waals surface area contributed by atoms with E-state index < -0.39 is 24.2 Å². The Balaban J connectivity index is 4.64. The van der Waals surface area contributed by atoms with Crippen LogP contribution in [0.5, 0.6) is 0 Å². The summed E-state index contributed by atoms with van der Waals surface area (Å²) in [7, 11) is 1.37. The number of carboxylic acid groups (broad SMARTS) is 1. The van der Waals surface area contributed by atoms with Gasteiger partial charge >= 0.3 is 12.1 Å². The first-order valence-electron chi connectivity index (χ1n) is 5.10. The highest BCUT2D eigenvalue weighted by molar-refractivity contribution is 5.97. The number of nitrogens with zero attached hydrogens (tertiary/aromatic N) is 2. The number of aliphatic carboxylic acids is 1. The van der Waals surface area contributed by atoms with E-state index in [2.05, 4.69) is 10.3 Å². The quantitative estimate of drug-likeness (QED) is 0.421. The van der Waals surface area contributed by atoms with Gasteiger partial charge in [0.1, 0.15) is 12.1 Å². The van der Waals surface area contributed by atoms with Gasteiger partial charge in [-0.2, -0.15) is 4.99 Å². The lowest BCUT2D eigenvalue weighted by molar-refractivity contribution is -0.137. The fourth-order valence-corrected chi connectivity index (χ4v) is 0.949. The van der Waals surface area contributed by atoms with Gasteiger partial charge in [0.05, 0.1) is 0 Å².